The van der Waals surface area contributed by atoms with Crippen LogP contribution in [0.5, 0.6) is 0 Å². The Hall–Kier alpha value is -3.26. The zero-order valence-electron chi connectivity index (χ0n) is 17.4. The fourth-order valence-electron chi connectivity index (χ4n) is 2.84. The first-order chi connectivity index (χ1) is 14.7. The lowest BCUT2D eigenvalue weighted by Crippen LogP contribution is -2.47. The molecule has 3 aromatic rings. The summed E-state index contributed by atoms with van der Waals surface area (Å²) in [4.78, 5) is 38.9. The second-order valence-electron chi connectivity index (χ2n) is 7.28. The van der Waals surface area contributed by atoms with Crippen molar-refractivity contribution < 1.29 is 9.18 Å². The van der Waals surface area contributed by atoms with Crippen LogP contribution in [0.1, 0.15) is 41.9 Å². The van der Waals surface area contributed by atoms with Gasteiger partial charge in [0.2, 0.25) is 5.69 Å². The fraction of sp³-hybridized carbons (Fsp3) is 0.273. The Kier molecular flexibility index (Phi) is 6.70. The molecule has 0 aliphatic rings. The van der Waals surface area contributed by atoms with Gasteiger partial charge in [-0.2, -0.15) is 9.78 Å². The highest BCUT2D eigenvalue weighted by Crippen LogP contribution is 2.18. The molecule has 3 rings (SSSR count). The summed E-state index contributed by atoms with van der Waals surface area (Å²) in [5, 5.41) is 7.17. The smallest absolute Gasteiger partial charge is 0.348 e. The van der Waals surface area contributed by atoms with Crippen molar-refractivity contribution in [3.63, 3.8) is 0 Å². The minimum absolute atomic E-state index is 0.149. The third-order valence-corrected chi connectivity index (χ3v) is 5.33. The average Bonchev–Trinajstić information content (AvgIpc) is 2.74. The van der Waals surface area contributed by atoms with Crippen LogP contribution in [-0.2, 0) is 6.54 Å². The van der Waals surface area contributed by atoms with E-state index >= 15 is 0 Å². The van der Waals surface area contributed by atoms with E-state index in [2.05, 4.69) is 10.4 Å². The molecule has 162 valence electrons. The molecule has 1 aromatic heterocycles. The molecule has 0 aliphatic carbocycles. The van der Waals surface area contributed by atoms with E-state index in [0.29, 0.717) is 22.7 Å². The van der Waals surface area contributed by atoms with Gasteiger partial charge in [-0.25, -0.2) is 9.18 Å². The second-order valence-corrected chi connectivity index (χ2v) is 7.68. The Balaban J connectivity index is 2.20. The predicted molar refractivity (Wildman–Crippen MR) is 117 cm³/mol. The minimum atomic E-state index is -0.829. The molecule has 0 fully saturated rings. The molecule has 0 radical (unpaired) electrons. The number of benzene rings is 2. The van der Waals surface area contributed by atoms with E-state index in [1.165, 1.54) is 30.3 Å². The molecule has 1 atom stereocenters. The normalized spacial score (nSPS) is 11.9. The molecular weight excluding hydrogens is 423 g/mol. The Labute approximate surface area is 183 Å². The summed E-state index contributed by atoms with van der Waals surface area (Å²) in [5.41, 5.74) is -0.356. The van der Waals surface area contributed by atoms with Crippen LogP contribution in [0, 0.1) is 12.7 Å². The van der Waals surface area contributed by atoms with Crippen LogP contribution in [0.4, 0.5) is 4.39 Å². The largest absolute Gasteiger partial charge is 0.352 e. The number of amides is 1. The zero-order valence-corrected chi connectivity index (χ0v) is 18.1. The van der Waals surface area contributed by atoms with Gasteiger partial charge < -0.3 is 5.32 Å². The van der Waals surface area contributed by atoms with Crippen LogP contribution in [0.3, 0.4) is 0 Å². The summed E-state index contributed by atoms with van der Waals surface area (Å²) >= 11 is 6.20. The van der Waals surface area contributed by atoms with Gasteiger partial charge in [-0.05, 0) is 55.7 Å². The van der Waals surface area contributed by atoms with E-state index in [9.17, 15) is 18.8 Å². The molecule has 0 saturated heterocycles. The number of carbonyl (C=O) groups excluding carboxylic acids is 1. The van der Waals surface area contributed by atoms with Crippen LogP contribution < -0.4 is 16.6 Å². The molecule has 1 N–H and O–H groups in total. The fourth-order valence-corrected chi connectivity index (χ4v) is 3.02. The van der Waals surface area contributed by atoms with Crippen molar-refractivity contribution in [2.75, 3.05) is 0 Å². The van der Waals surface area contributed by atoms with Crippen molar-refractivity contribution in [2.24, 2.45) is 0 Å². The SMILES string of the molecule is CCC(C)NC(=O)c1nn(-c2ccc(C)c(Cl)c2)c(=O)n(Cc2ccc(F)cc2)c1=O. The lowest BCUT2D eigenvalue weighted by atomic mass is 10.2. The van der Waals surface area contributed by atoms with Crippen molar-refractivity contribution in [2.45, 2.75) is 39.8 Å². The molecule has 1 amide bonds. The summed E-state index contributed by atoms with van der Waals surface area (Å²) in [6.45, 7) is 5.34. The van der Waals surface area contributed by atoms with Gasteiger partial charge in [-0.1, -0.05) is 36.7 Å². The topological polar surface area (TPSA) is 86.0 Å². The number of nitrogens with one attached hydrogen (secondary N) is 1. The van der Waals surface area contributed by atoms with Gasteiger partial charge in [0, 0.05) is 11.1 Å². The molecule has 0 saturated carbocycles. The lowest BCUT2D eigenvalue weighted by molar-refractivity contribution is 0.0929. The molecule has 2 aromatic carbocycles. The molecule has 1 unspecified atom stereocenters. The quantitative estimate of drug-likeness (QED) is 0.633. The van der Waals surface area contributed by atoms with Gasteiger partial charge in [0.25, 0.3) is 11.5 Å². The van der Waals surface area contributed by atoms with E-state index in [-0.39, 0.29) is 12.6 Å². The standard InChI is InChI=1S/C22H22ClFN4O3/c1-4-14(3)25-20(29)19-21(30)27(12-15-6-8-16(24)9-7-15)22(31)28(26-19)17-10-5-13(2)18(23)11-17/h5-11,14H,4,12H2,1-3H3,(H,25,29). The van der Waals surface area contributed by atoms with E-state index in [1.807, 2.05) is 13.8 Å². The zero-order chi connectivity index (χ0) is 22.7. The van der Waals surface area contributed by atoms with Crippen molar-refractivity contribution in [1.82, 2.24) is 19.7 Å². The maximum Gasteiger partial charge on any atom is 0.352 e. The van der Waals surface area contributed by atoms with Gasteiger partial charge in [-0.15, -0.1) is 0 Å². The Morgan fingerprint density at radius 1 is 1.19 bits per heavy atom. The Morgan fingerprint density at radius 3 is 2.48 bits per heavy atom. The maximum atomic E-state index is 13.3. The number of aryl methyl sites for hydroxylation is 1. The number of rotatable bonds is 6. The van der Waals surface area contributed by atoms with Crippen LogP contribution in [-0.4, -0.2) is 26.3 Å². The molecule has 9 heteroatoms. The first-order valence-electron chi connectivity index (χ1n) is 9.77. The van der Waals surface area contributed by atoms with Gasteiger partial charge in [0.15, 0.2) is 0 Å². The number of aromatic nitrogens is 3. The van der Waals surface area contributed by atoms with Crippen molar-refractivity contribution in [3.05, 3.63) is 91.0 Å². The van der Waals surface area contributed by atoms with Crippen molar-refractivity contribution in [3.8, 4) is 5.69 Å². The number of carbonyl (C=O) groups is 1. The van der Waals surface area contributed by atoms with Crippen LogP contribution in [0.25, 0.3) is 5.69 Å². The molecule has 0 aliphatic heterocycles. The molecular formula is C22H22ClFN4O3. The molecule has 7 nitrogen and oxygen atoms in total. The predicted octanol–water partition coefficient (Wildman–Crippen LogP) is 3.07. The number of hydrogen-bond acceptors (Lipinski definition) is 4. The van der Waals surface area contributed by atoms with Gasteiger partial charge in [0.05, 0.1) is 12.2 Å². The summed E-state index contributed by atoms with van der Waals surface area (Å²) in [5.74, 6) is -1.12. The Morgan fingerprint density at radius 2 is 1.87 bits per heavy atom. The molecule has 0 spiro atoms. The molecule has 31 heavy (non-hydrogen) atoms. The van der Waals surface area contributed by atoms with Crippen molar-refractivity contribution in [1.29, 1.82) is 0 Å². The van der Waals surface area contributed by atoms with Crippen LogP contribution in [0.2, 0.25) is 5.02 Å². The van der Waals surface area contributed by atoms with Crippen LogP contribution in [0.15, 0.2) is 52.1 Å². The molecule has 1 heterocycles. The third-order valence-electron chi connectivity index (χ3n) is 4.92. The summed E-state index contributed by atoms with van der Waals surface area (Å²) in [7, 11) is 0. The Bertz CT molecular complexity index is 1230. The summed E-state index contributed by atoms with van der Waals surface area (Å²) in [6.07, 6.45) is 0.655. The minimum Gasteiger partial charge on any atom is -0.348 e. The highest BCUT2D eigenvalue weighted by Gasteiger charge is 2.21. The maximum absolute atomic E-state index is 13.3. The van der Waals surface area contributed by atoms with Gasteiger partial charge in [-0.3, -0.25) is 14.2 Å². The van der Waals surface area contributed by atoms with Crippen molar-refractivity contribution >= 4 is 17.5 Å². The summed E-state index contributed by atoms with van der Waals surface area (Å²) in [6, 6.07) is 10.1. The van der Waals surface area contributed by atoms with E-state index < -0.39 is 28.7 Å². The van der Waals surface area contributed by atoms with Gasteiger partial charge >= 0.3 is 5.69 Å². The lowest BCUT2D eigenvalue weighted by Gasteiger charge is -2.14. The average molecular weight is 445 g/mol. The first kappa shape index (κ1) is 22.4. The van der Waals surface area contributed by atoms with Gasteiger partial charge in [0.1, 0.15) is 5.82 Å². The van der Waals surface area contributed by atoms with E-state index in [0.717, 1.165) is 14.8 Å². The number of halogens is 2. The first-order valence-corrected chi connectivity index (χ1v) is 10.1. The van der Waals surface area contributed by atoms with E-state index in [1.54, 1.807) is 19.1 Å². The van der Waals surface area contributed by atoms with E-state index in [4.69, 9.17) is 11.6 Å². The number of nitrogens with zero attached hydrogens (tertiary/aromatic N) is 3. The highest BCUT2D eigenvalue weighted by molar-refractivity contribution is 6.31. The third kappa shape index (κ3) is 4.91. The second kappa shape index (κ2) is 9.26. The van der Waals surface area contributed by atoms with Crippen LogP contribution >= 0.6 is 11.6 Å². The monoisotopic (exact) mass is 444 g/mol. The number of hydrogen-bond donors (Lipinski definition) is 1. The highest BCUT2D eigenvalue weighted by atomic mass is 35.5. The summed E-state index contributed by atoms with van der Waals surface area (Å²) < 4.78 is 15.1. The molecule has 0 bridgehead atoms.